The number of carbonyl (C=O) groups is 1. The summed E-state index contributed by atoms with van der Waals surface area (Å²) in [5, 5.41) is 11.5. The third-order valence-corrected chi connectivity index (χ3v) is 1.53. The van der Waals surface area contributed by atoms with Gasteiger partial charge in [0.15, 0.2) is 5.69 Å². The Morgan fingerprint density at radius 3 is 2.67 bits per heavy atom. The number of nitrogens with zero attached hydrogens (tertiary/aromatic N) is 2. The van der Waals surface area contributed by atoms with Crippen molar-refractivity contribution in [1.82, 2.24) is 9.78 Å². The van der Waals surface area contributed by atoms with E-state index >= 15 is 0 Å². The van der Waals surface area contributed by atoms with Crippen LogP contribution in [0.5, 0.6) is 0 Å². The Balaban J connectivity index is 3.13. The molecular formula is C8H7F3N2O2. The maximum atomic E-state index is 12.3. The minimum atomic E-state index is -4.58. The van der Waals surface area contributed by atoms with E-state index in [1.54, 1.807) is 0 Å². The summed E-state index contributed by atoms with van der Waals surface area (Å²) in [6.07, 6.45) is -1.99. The molecule has 0 aliphatic rings. The summed E-state index contributed by atoms with van der Waals surface area (Å²) in [4.78, 5) is 10.1. The van der Waals surface area contributed by atoms with Crippen molar-refractivity contribution in [3.05, 3.63) is 23.5 Å². The van der Waals surface area contributed by atoms with E-state index in [-0.39, 0.29) is 5.56 Å². The van der Waals surface area contributed by atoms with E-state index in [9.17, 15) is 18.0 Å². The first-order valence-corrected chi connectivity index (χ1v) is 3.82. The van der Waals surface area contributed by atoms with Crippen LogP contribution in [-0.4, -0.2) is 20.9 Å². The zero-order valence-electron chi connectivity index (χ0n) is 7.62. The molecule has 0 saturated carbocycles. The predicted molar refractivity (Wildman–Crippen MR) is 44.9 cm³/mol. The third-order valence-electron chi connectivity index (χ3n) is 1.53. The van der Waals surface area contributed by atoms with Crippen LogP contribution in [0, 0.1) is 0 Å². The van der Waals surface area contributed by atoms with Gasteiger partial charge in [-0.05, 0) is 6.08 Å². The quantitative estimate of drug-likeness (QED) is 0.769. The lowest BCUT2D eigenvalue weighted by Gasteiger charge is -2.02. The van der Waals surface area contributed by atoms with Crippen molar-refractivity contribution in [2.45, 2.75) is 6.18 Å². The SMILES string of the molecule is Cn1cc(/C=C/C(=O)O)c(C(F)(F)F)n1. The second-order valence-corrected chi connectivity index (χ2v) is 2.78. The van der Waals surface area contributed by atoms with Gasteiger partial charge < -0.3 is 5.11 Å². The Hall–Kier alpha value is -1.79. The highest BCUT2D eigenvalue weighted by molar-refractivity contribution is 5.85. The summed E-state index contributed by atoms with van der Waals surface area (Å²) in [5.74, 6) is -1.31. The van der Waals surface area contributed by atoms with Crippen LogP contribution in [-0.2, 0) is 18.0 Å². The van der Waals surface area contributed by atoms with Crippen LogP contribution in [0.1, 0.15) is 11.3 Å². The van der Waals surface area contributed by atoms with Crippen LogP contribution in [0.3, 0.4) is 0 Å². The number of carboxylic acid groups (broad SMARTS) is 1. The fourth-order valence-corrected chi connectivity index (χ4v) is 1.01. The first-order chi connectivity index (χ1) is 6.80. The van der Waals surface area contributed by atoms with Crippen LogP contribution >= 0.6 is 0 Å². The predicted octanol–water partition coefficient (Wildman–Crippen LogP) is 1.54. The molecule has 0 radical (unpaired) electrons. The van der Waals surface area contributed by atoms with Crippen molar-refractivity contribution in [2.24, 2.45) is 7.05 Å². The smallest absolute Gasteiger partial charge is 0.435 e. The van der Waals surface area contributed by atoms with E-state index in [4.69, 9.17) is 5.11 Å². The summed E-state index contributed by atoms with van der Waals surface area (Å²) < 4.78 is 38.0. The molecular weight excluding hydrogens is 213 g/mol. The van der Waals surface area contributed by atoms with E-state index in [2.05, 4.69) is 5.10 Å². The normalized spacial score (nSPS) is 12.3. The molecule has 82 valence electrons. The Morgan fingerprint density at radius 2 is 2.20 bits per heavy atom. The summed E-state index contributed by atoms with van der Waals surface area (Å²) in [7, 11) is 1.33. The van der Waals surface area contributed by atoms with Crippen LogP contribution in [0.15, 0.2) is 12.3 Å². The second-order valence-electron chi connectivity index (χ2n) is 2.78. The van der Waals surface area contributed by atoms with Gasteiger partial charge in [0.05, 0.1) is 0 Å². The molecule has 0 spiro atoms. The van der Waals surface area contributed by atoms with Crippen molar-refractivity contribution >= 4 is 12.0 Å². The van der Waals surface area contributed by atoms with Crippen molar-refractivity contribution in [2.75, 3.05) is 0 Å². The number of hydrogen-bond acceptors (Lipinski definition) is 2. The summed E-state index contributed by atoms with van der Waals surface area (Å²) in [6, 6.07) is 0. The minimum Gasteiger partial charge on any atom is -0.478 e. The summed E-state index contributed by atoms with van der Waals surface area (Å²) in [6.45, 7) is 0. The molecule has 0 aromatic carbocycles. The number of alkyl halides is 3. The Labute approximate surface area is 82.6 Å². The number of aromatic nitrogens is 2. The van der Waals surface area contributed by atoms with Crippen molar-refractivity contribution in [1.29, 1.82) is 0 Å². The van der Waals surface area contributed by atoms with Crippen LogP contribution in [0.25, 0.3) is 6.08 Å². The lowest BCUT2D eigenvalue weighted by Crippen LogP contribution is -2.08. The molecule has 1 heterocycles. The van der Waals surface area contributed by atoms with Crippen LogP contribution in [0.2, 0.25) is 0 Å². The van der Waals surface area contributed by atoms with Crippen LogP contribution in [0.4, 0.5) is 13.2 Å². The fraction of sp³-hybridized carbons (Fsp3) is 0.250. The summed E-state index contributed by atoms with van der Waals surface area (Å²) in [5.41, 5.74) is -1.37. The van der Waals surface area contributed by atoms with Gasteiger partial charge in [0, 0.05) is 24.9 Å². The van der Waals surface area contributed by atoms with Gasteiger partial charge in [-0.3, -0.25) is 4.68 Å². The molecule has 7 heteroatoms. The van der Waals surface area contributed by atoms with Crippen molar-refractivity contribution in [3.63, 3.8) is 0 Å². The average molecular weight is 220 g/mol. The molecule has 4 nitrogen and oxygen atoms in total. The zero-order chi connectivity index (χ0) is 11.6. The molecule has 0 bridgehead atoms. The maximum absolute atomic E-state index is 12.3. The van der Waals surface area contributed by atoms with E-state index in [0.717, 1.165) is 17.0 Å². The van der Waals surface area contributed by atoms with Gasteiger partial charge in [-0.1, -0.05) is 0 Å². The minimum absolute atomic E-state index is 0.271. The lowest BCUT2D eigenvalue weighted by molar-refractivity contribution is -0.141. The summed E-state index contributed by atoms with van der Waals surface area (Å²) >= 11 is 0. The number of rotatable bonds is 2. The molecule has 1 N–H and O–H groups in total. The van der Waals surface area contributed by atoms with Gasteiger partial charge in [0.1, 0.15) is 0 Å². The fourth-order valence-electron chi connectivity index (χ4n) is 1.01. The molecule has 0 atom stereocenters. The Kier molecular flexibility index (Phi) is 2.83. The van der Waals surface area contributed by atoms with Gasteiger partial charge in [-0.25, -0.2) is 4.79 Å². The first kappa shape index (κ1) is 11.3. The molecule has 0 amide bonds. The van der Waals surface area contributed by atoms with Crippen molar-refractivity contribution in [3.8, 4) is 0 Å². The average Bonchev–Trinajstić information content (AvgIpc) is 2.42. The molecule has 0 saturated heterocycles. The molecule has 0 aliphatic heterocycles. The molecule has 1 rings (SSSR count). The van der Waals surface area contributed by atoms with Gasteiger partial charge in [0.25, 0.3) is 0 Å². The van der Waals surface area contributed by atoms with E-state index < -0.39 is 17.8 Å². The van der Waals surface area contributed by atoms with E-state index in [1.807, 2.05) is 0 Å². The molecule has 0 unspecified atom stereocenters. The highest BCUT2D eigenvalue weighted by atomic mass is 19.4. The number of hydrogen-bond donors (Lipinski definition) is 1. The highest BCUT2D eigenvalue weighted by Gasteiger charge is 2.36. The zero-order valence-corrected chi connectivity index (χ0v) is 7.62. The van der Waals surface area contributed by atoms with E-state index in [0.29, 0.717) is 6.08 Å². The number of aryl methyl sites for hydroxylation is 1. The largest absolute Gasteiger partial charge is 0.478 e. The first-order valence-electron chi connectivity index (χ1n) is 3.82. The number of aliphatic carboxylic acids is 1. The van der Waals surface area contributed by atoms with Gasteiger partial charge in [0.2, 0.25) is 0 Å². The molecule has 1 aromatic rings. The standard InChI is InChI=1S/C8H7F3N2O2/c1-13-4-5(2-3-6(14)15)7(12-13)8(9,10)11/h2-4H,1H3,(H,14,15)/b3-2+. The van der Waals surface area contributed by atoms with Gasteiger partial charge in [-0.2, -0.15) is 18.3 Å². The number of carboxylic acids is 1. The topological polar surface area (TPSA) is 55.1 Å². The van der Waals surface area contributed by atoms with Crippen LogP contribution < -0.4 is 0 Å². The highest BCUT2D eigenvalue weighted by Crippen LogP contribution is 2.30. The van der Waals surface area contributed by atoms with E-state index in [1.165, 1.54) is 7.05 Å². The van der Waals surface area contributed by atoms with Gasteiger partial charge in [-0.15, -0.1) is 0 Å². The third kappa shape index (κ3) is 2.83. The molecule has 15 heavy (non-hydrogen) atoms. The second kappa shape index (κ2) is 3.76. The molecule has 1 aromatic heterocycles. The number of halogens is 3. The monoisotopic (exact) mass is 220 g/mol. The Bertz CT molecular complexity index is 407. The van der Waals surface area contributed by atoms with Gasteiger partial charge >= 0.3 is 12.1 Å². The van der Waals surface area contributed by atoms with Crippen molar-refractivity contribution < 1.29 is 23.1 Å². The maximum Gasteiger partial charge on any atom is 0.435 e. The lowest BCUT2D eigenvalue weighted by atomic mass is 10.2. The molecule has 0 fully saturated rings. The molecule has 0 aliphatic carbocycles. The Morgan fingerprint density at radius 1 is 1.60 bits per heavy atom.